The molecule has 2 atom stereocenters. The van der Waals surface area contributed by atoms with Crippen molar-refractivity contribution < 1.29 is 5.11 Å². The molecule has 2 rings (SSSR count). The fraction of sp³-hybridized carbons (Fsp3) is 0.389. The van der Waals surface area contributed by atoms with Gasteiger partial charge in [0.15, 0.2) is 0 Å². The molecule has 3 heteroatoms. The van der Waals surface area contributed by atoms with Crippen molar-refractivity contribution in [3.8, 4) is 0 Å². The van der Waals surface area contributed by atoms with Crippen LogP contribution in [0.25, 0.3) is 0 Å². The molecule has 0 spiro atoms. The van der Waals surface area contributed by atoms with Crippen molar-refractivity contribution in [2.24, 2.45) is 0 Å². The number of benzene rings is 1. The van der Waals surface area contributed by atoms with Crippen molar-refractivity contribution in [2.45, 2.75) is 38.8 Å². The van der Waals surface area contributed by atoms with Crippen LogP contribution in [0.4, 0.5) is 0 Å². The lowest BCUT2D eigenvalue weighted by molar-refractivity contribution is 0.170. The molecular formula is C18H24N2O. The van der Waals surface area contributed by atoms with Gasteiger partial charge in [0, 0.05) is 18.8 Å². The summed E-state index contributed by atoms with van der Waals surface area (Å²) in [5.74, 6) is 0.512. The molecule has 112 valence electrons. The number of nitrogens with zero attached hydrogens (tertiary/aromatic N) is 1. The number of rotatable bonds is 6. The van der Waals surface area contributed by atoms with Crippen molar-refractivity contribution in [3.05, 3.63) is 65.5 Å². The normalized spacial score (nSPS) is 14.1. The van der Waals surface area contributed by atoms with Crippen LogP contribution in [0, 0.1) is 0 Å². The Balaban J connectivity index is 1.91. The molecule has 0 aliphatic carbocycles. The quantitative estimate of drug-likeness (QED) is 0.852. The van der Waals surface area contributed by atoms with E-state index in [1.54, 1.807) is 6.20 Å². The standard InChI is InChI=1S/C18H24N2O/c1-13(2)15-7-9-16(10-8-15)18(21)12-20-14(3)17-6-4-5-11-19-17/h4-11,13-14,18,20-21H,12H2,1-3H3. The van der Waals surface area contributed by atoms with Gasteiger partial charge >= 0.3 is 0 Å². The summed E-state index contributed by atoms with van der Waals surface area (Å²) in [6, 6.07) is 14.2. The van der Waals surface area contributed by atoms with Crippen molar-refractivity contribution >= 4 is 0 Å². The number of hydrogen-bond acceptors (Lipinski definition) is 3. The Morgan fingerprint density at radius 3 is 2.24 bits per heavy atom. The molecule has 2 unspecified atom stereocenters. The summed E-state index contributed by atoms with van der Waals surface area (Å²) in [5, 5.41) is 13.6. The third-order valence-corrected chi connectivity index (χ3v) is 3.74. The van der Waals surface area contributed by atoms with E-state index in [-0.39, 0.29) is 6.04 Å². The largest absolute Gasteiger partial charge is 0.387 e. The van der Waals surface area contributed by atoms with Crippen LogP contribution < -0.4 is 5.32 Å². The summed E-state index contributed by atoms with van der Waals surface area (Å²) in [5.41, 5.74) is 3.22. The zero-order chi connectivity index (χ0) is 15.2. The maximum Gasteiger partial charge on any atom is 0.0914 e. The van der Waals surface area contributed by atoms with E-state index in [0.717, 1.165) is 11.3 Å². The predicted molar refractivity (Wildman–Crippen MR) is 86.1 cm³/mol. The summed E-state index contributed by atoms with van der Waals surface area (Å²) < 4.78 is 0. The van der Waals surface area contributed by atoms with Crippen LogP contribution in [0.3, 0.4) is 0 Å². The molecule has 0 saturated heterocycles. The summed E-state index contributed by atoms with van der Waals surface area (Å²) in [7, 11) is 0. The van der Waals surface area contributed by atoms with Gasteiger partial charge in [-0.3, -0.25) is 4.98 Å². The first-order valence-electron chi connectivity index (χ1n) is 7.50. The number of pyridine rings is 1. The van der Waals surface area contributed by atoms with Gasteiger partial charge in [0.2, 0.25) is 0 Å². The maximum atomic E-state index is 10.3. The molecule has 1 aromatic heterocycles. The van der Waals surface area contributed by atoms with Crippen molar-refractivity contribution in [2.75, 3.05) is 6.54 Å². The van der Waals surface area contributed by atoms with E-state index in [1.807, 2.05) is 30.3 Å². The summed E-state index contributed by atoms with van der Waals surface area (Å²) in [4.78, 5) is 4.32. The SMILES string of the molecule is CC(C)c1ccc(C(O)CNC(C)c2ccccn2)cc1. The van der Waals surface area contributed by atoms with Crippen LogP contribution in [0.2, 0.25) is 0 Å². The number of aliphatic hydroxyl groups is 1. The van der Waals surface area contributed by atoms with Gasteiger partial charge < -0.3 is 10.4 Å². The monoisotopic (exact) mass is 284 g/mol. The fourth-order valence-electron chi connectivity index (χ4n) is 2.25. The molecule has 0 bridgehead atoms. The van der Waals surface area contributed by atoms with E-state index < -0.39 is 6.10 Å². The average Bonchev–Trinajstić information content (AvgIpc) is 2.53. The summed E-state index contributed by atoms with van der Waals surface area (Å²) in [6.07, 6.45) is 1.28. The zero-order valence-corrected chi connectivity index (χ0v) is 13.0. The number of aromatic nitrogens is 1. The van der Waals surface area contributed by atoms with Gasteiger partial charge in [-0.2, -0.15) is 0 Å². The van der Waals surface area contributed by atoms with Crippen molar-refractivity contribution in [1.29, 1.82) is 0 Å². The molecule has 0 amide bonds. The summed E-state index contributed by atoms with van der Waals surface area (Å²) in [6.45, 7) is 6.90. The van der Waals surface area contributed by atoms with E-state index in [9.17, 15) is 5.11 Å². The minimum atomic E-state index is -0.502. The molecule has 0 saturated carbocycles. The molecule has 0 aliphatic rings. The highest BCUT2D eigenvalue weighted by atomic mass is 16.3. The van der Waals surface area contributed by atoms with Crippen LogP contribution in [-0.2, 0) is 0 Å². The molecule has 0 fully saturated rings. The van der Waals surface area contributed by atoms with Gasteiger partial charge in [0.25, 0.3) is 0 Å². The molecule has 3 nitrogen and oxygen atoms in total. The van der Waals surface area contributed by atoms with Gasteiger partial charge in [-0.15, -0.1) is 0 Å². The molecule has 1 heterocycles. The van der Waals surface area contributed by atoms with Crippen LogP contribution in [0.5, 0.6) is 0 Å². The van der Waals surface area contributed by atoms with Crippen LogP contribution >= 0.6 is 0 Å². The van der Waals surface area contributed by atoms with E-state index >= 15 is 0 Å². The Kier molecular flexibility index (Phi) is 5.48. The van der Waals surface area contributed by atoms with E-state index in [4.69, 9.17) is 0 Å². The number of hydrogen-bond donors (Lipinski definition) is 2. The van der Waals surface area contributed by atoms with Gasteiger partial charge in [0.05, 0.1) is 11.8 Å². The highest BCUT2D eigenvalue weighted by Crippen LogP contribution is 2.19. The molecule has 2 N–H and O–H groups in total. The topological polar surface area (TPSA) is 45.1 Å². The highest BCUT2D eigenvalue weighted by molar-refractivity contribution is 5.26. The van der Waals surface area contributed by atoms with Gasteiger partial charge in [-0.25, -0.2) is 0 Å². The second-order valence-corrected chi connectivity index (χ2v) is 5.72. The van der Waals surface area contributed by atoms with Crippen LogP contribution in [-0.4, -0.2) is 16.6 Å². The smallest absolute Gasteiger partial charge is 0.0914 e. The maximum absolute atomic E-state index is 10.3. The second-order valence-electron chi connectivity index (χ2n) is 5.72. The number of nitrogens with one attached hydrogen (secondary N) is 1. The molecule has 0 radical (unpaired) electrons. The zero-order valence-electron chi connectivity index (χ0n) is 13.0. The van der Waals surface area contributed by atoms with E-state index in [2.05, 4.69) is 43.2 Å². The minimum absolute atomic E-state index is 0.121. The average molecular weight is 284 g/mol. The first-order chi connectivity index (χ1) is 10.1. The molecule has 0 aliphatic heterocycles. The molecule has 21 heavy (non-hydrogen) atoms. The molecular weight excluding hydrogens is 260 g/mol. The first kappa shape index (κ1) is 15.7. The Labute approximate surface area is 127 Å². The first-order valence-corrected chi connectivity index (χ1v) is 7.50. The predicted octanol–water partition coefficient (Wildman–Crippen LogP) is 3.59. The molecule has 2 aromatic rings. The number of aliphatic hydroxyl groups excluding tert-OH is 1. The minimum Gasteiger partial charge on any atom is -0.387 e. The second kappa shape index (κ2) is 7.34. The third kappa shape index (κ3) is 4.38. The lowest BCUT2D eigenvalue weighted by Crippen LogP contribution is -2.25. The van der Waals surface area contributed by atoms with E-state index in [1.165, 1.54) is 5.56 Å². The van der Waals surface area contributed by atoms with Crippen LogP contribution in [0.15, 0.2) is 48.7 Å². The van der Waals surface area contributed by atoms with Gasteiger partial charge in [-0.1, -0.05) is 44.2 Å². The van der Waals surface area contributed by atoms with Crippen molar-refractivity contribution in [3.63, 3.8) is 0 Å². The Morgan fingerprint density at radius 1 is 1.00 bits per heavy atom. The third-order valence-electron chi connectivity index (χ3n) is 3.74. The Hall–Kier alpha value is -1.71. The Bertz CT molecular complexity index is 537. The highest BCUT2D eigenvalue weighted by Gasteiger charge is 2.11. The Morgan fingerprint density at radius 2 is 1.67 bits per heavy atom. The lowest BCUT2D eigenvalue weighted by Gasteiger charge is -2.17. The lowest BCUT2D eigenvalue weighted by atomic mass is 10.00. The molecule has 1 aromatic carbocycles. The fourth-order valence-corrected chi connectivity index (χ4v) is 2.25. The van der Waals surface area contributed by atoms with Crippen LogP contribution in [0.1, 0.15) is 55.7 Å². The summed E-state index contributed by atoms with van der Waals surface area (Å²) >= 11 is 0. The van der Waals surface area contributed by atoms with Gasteiger partial charge in [-0.05, 0) is 36.1 Å². The van der Waals surface area contributed by atoms with Gasteiger partial charge in [0.1, 0.15) is 0 Å². The van der Waals surface area contributed by atoms with Crippen molar-refractivity contribution in [1.82, 2.24) is 10.3 Å². The van der Waals surface area contributed by atoms with E-state index in [0.29, 0.717) is 12.5 Å².